The standard InChI is InChI=1S/C11H11N3O2S/c12-9(15)6-8-10(16)14-11(17-8)13-7-4-2-1-3-5-7/h1-5,8H,6H2,(H2,12,15)(H,13,14,16). The summed E-state index contributed by atoms with van der Waals surface area (Å²) in [7, 11) is 0. The molecule has 1 aromatic carbocycles. The third-order valence-corrected chi connectivity index (χ3v) is 3.23. The van der Waals surface area contributed by atoms with Gasteiger partial charge in [0.25, 0.3) is 0 Å². The number of aliphatic imine (C=N–C) groups is 1. The molecule has 1 aliphatic rings. The van der Waals surface area contributed by atoms with Crippen LogP contribution in [0.25, 0.3) is 0 Å². The fourth-order valence-electron chi connectivity index (χ4n) is 1.39. The maximum atomic E-state index is 11.5. The number of carbonyl (C=O) groups excluding carboxylic acids is 2. The van der Waals surface area contributed by atoms with E-state index in [2.05, 4.69) is 10.3 Å². The minimum absolute atomic E-state index is 0.0321. The highest BCUT2D eigenvalue weighted by Crippen LogP contribution is 2.24. The number of nitrogens with two attached hydrogens (primary N) is 1. The minimum Gasteiger partial charge on any atom is -0.370 e. The molecule has 0 bridgehead atoms. The number of hydrogen-bond donors (Lipinski definition) is 2. The van der Waals surface area contributed by atoms with Gasteiger partial charge in [0.05, 0.1) is 5.69 Å². The number of primary amides is 1. The zero-order valence-electron chi connectivity index (χ0n) is 8.92. The molecule has 0 saturated carbocycles. The number of hydrogen-bond acceptors (Lipinski definition) is 4. The first kappa shape index (κ1) is 11.7. The molecule has 0 spiro atoms. The Bertz CT molecular complexity index is 473. The Morgan fingerprint density at radius 1 is 1.41 bits per heavy atom. The van der Waals surface area contributed by atoms with Crippen molar-refractivity contribution in [2.75, 3.05) is 0 Å². The summed E-state index contributed by atoms with van der Waals surface area (Å²) in [5.74, 6) is -0.706. The molecule has 2 amide bonds. The van der Waals surface area contributed by atoms with Crippen molar-refractivity contribution in [2.24, 2.45) is 10.7 Å². The molecule has 88 valence electrons. The highest BCUT2D eigenvalue weighted by atomic mass is 32.2. The van der Waals surface area contributed by atoms with E-state index in [1.165, 1.54) is 11.8 Å². The van der Waals surface area contributed by atoms with Crippen LogP contribution in [0.2, 0.25) is 0 Å². The summed E-state index contributed by atoms with van der Waals surface area (Å²) >= 11 is 1.23. The van der Waals surface area contributed by atoms with E-state index in [-0.39, 0.29) is 12.3 Å². The lowest BCUT2D eigenvalue weighted by molar-refractivity contribution is -0.123. The van der Waals surface area contributed by atoms with Crippen molar-refractivity contribution in [3.63, 3.8) is 0 Å². The minimum atomic E-state index is -0.487. The summed E-state index contributed by atoms with van der Waals surface area (Å²) in [6, 6.07) is 9.28. The fourth-order valence-corrected chi connectivity index (χ4v) is 2.40. The van der Waals surface area contributed by atoms with E-state index in [0.29, 0.717) is 5.17 Å². The SMILES string of the molecule is NC(=O)CC1SC(=Nc2ccccc2)NC1=O. The molecule has 1 unspecified atom stereocenters. The van der Waals surface area contributed by atoms with Gasteiger partial charge >= 0.3 is 0 Å². The zero-order chi connectivity index (χ0) is 12.3. The van der Waals surface area contributed by atoms with E-state index < -0.39 is 11.2 Å². The summed E-state index contributed by atoms with van der Waals surface area (Å²) in [4.78, 5) is 26.5. The molecule has 1 aliphatic heterocycles. The monoisotopic (exact) mass is 249 g/mol. The second kappa shape index (κ2) is 5.01. The summed E-state index contributed by atoms with van der Waals surface area (Å²) in [6.07, 6.45) is 0.0321. The maximum Gasteiger partial charge on any atom is 0.240 e. The number of nitrogens with one attached hydrogen (secondary N) is 1. The first-order valence-corrected chi connectivity index (χ1v) is 5.92. The molecule has 6 heteroatoms. The van der Waals surface area contributed by atoms with Crippen LogP contribution < -0.4 is 11.1 Å². The van der Waals surface area contributed by atoms with Crippen LogP contribution in [-0.4, -0.2) is 22.2 Å². The van der Waals surface area contributed by atoms with Crippen molar-refractivity contribution in [3.8, 4) is 0 Å². The Balaban J connectivity index is 2.08. The molecule has 0 aromatic heterocycles. The molecule has 0 radical (unpaired) electrons. The Morgan fingerprint density at radius 2 is 2.12 bits per heavy atom. The molecule has 3 N–H and O–H groups in total. The Labute approximate surface area is 102 Å². The van der Waals surface area contributed by atoms with E-state index >= 15 is 0 Å². The third kappa shape index (κ3) is 3.07. The quantitative estimate of drug-likeness (QED) is 0.830. The van der Waals surface area contributed by atoms with Crippen molar-refractivity contribution in [3.05, 3.63) is 30.3 Å². The number of thioether (sulfide) groups is 1. The number of rotatable bonds is 3. The summed E-state index contributed by atoms with van der Waals surface area (Å²) in [6.45, 7) is 0. The Morgan fingerprint density at radius 3 is 2.76 bits per heavy atom. The predicted octanol–water partition coefficient (Wildman–Crippen LogP) is 0.781. The molecule has 1 saturated heterocycles. The van der Waals surface area contributed by atoms with Crippen molar-refractivity contribution in [1.29, 1.82) is 0 Å². The lowest BCUT2D eigenvalue weighted by Crippen LogP contribution is -2.28. The molecule has 2 rings (SSSR count). The normalized spacial score (nSPS) is 21.5. The van der Waals surface area contributed by atoms with Gasteiger partial charge in [-0.25, -0.2) is 4.99 Å². The van der Waals surface area contributed by atoms with Crippen LogP contribution in [0.1, 0.15) is 6.42 Å². The van der Waals surface area contributed by atoms with Gasteiger partial charge in [0.2, 0.25) is 11.8 Å². The first-order chi connectivity index (χ1) is 8.15. The first-order valence-electron chi connectivity index (χ1n) is 5.05. The van der Waals surface area contributed by atoms with Crippen molar-refractivity contribution >= 4 is 34.4 Å². The summed E-state index contributed by atoms with van der Waals surface area (Å²) in [5.41, 5.74) is 5.82. The van der Waals surface area contributed by atoms with Crippen molar-refractivity contribution < 1.29 is 9.59 Å². The zero-order valence-corrected chi connectivity index (χ0v) is 9.74. The van der Waals surface area contributed by atoms with E-state index in [1.807, 2.05) is 30.3 Å². The van der Waals surface area contributed by atoms with E-state index in [1.54, 1.807) is 0 Å². The van der Waals surface area contributed by atoms with Crippen LogP contribution in [0.4, 0.5) is 5.69 Å². The molecule has 0 aliphatic carbocycles. The van der Waals surface area contributed by atoms with Crippen LogP contribution in [0.5, 0.6) is 0 Å². The number of nitrogens with zero attached hydrogens (tertiary/aromatic N) is 1. The molecule has 17 heavy (non-hydrogen) atoms. The molecule has 1 fully saturated rings. The molecule has 1 heterocycles. The van der Waals surface area contributed by atoms with Gasteiger partial charge in [0.15, 0.2) is 5.17 Å². The van der Waals surface area contributed by atoms with Crippen LogP contribution in [0, 0.1) is 0 Å². The second-order valence-electron chi connectivity index (χ2n) is 3.52. The van der Waals surface area contributed by atoms with Crippen molar-refractivity contribution in [2.45, 2.75) is 11.7 Å². The number of carbonyl (C=O) groups is 2. The highest BCUT2D eigenvalue weighted by Gasteiger charge is 2.31. The summed E-state index contributed by atoms with van der Waals surface area (Å²) in [5, 5.41) is 2.67. The van der Waals surface area contributed by atoms with Gasteiger partial charge < -0.3 is 11.1 Å². The van der Waals surface area contributed by atoms with Gasteiger partial charge in [-0.2, -0.15) is 0 Å². The van der Waals surface area contributed by atoms with E-state index in [4.69, 9.17) is 5.73 Å². The van der Waals surface area contributed by atoms with Gasteiger partial charge in [-0.3, -0.25) is 9.59 Å². The van der Waals surface area contributed by atoms with Gasteiger partial charge in [0.1, 0.15) is 5.25 Å². The smallest absolute Gasteiger partial charge is 0.240 e. The lowest BCUT2D eigenvalue weighted by atomic mass is 10.3. The maximum absolute atomic E-state index is 11.5. The largest absolute Gasteiger partial charge is 0.370 e. The number of amides is 2. The third-order valence-electron chi connectivity index (χ3n) is 2.15. The van der Waals surface area contributed by atoms with Crippen LogP contribution >= 0.6 is 11.8 Å². The van der Waals surface area contributed by atoms with Crippen LogP contribution in [0.3, 0.4) is 0 Å². The average molecular weight is 249 g/mol. The van der Waals surface area contributed by atoms with E-state index in [9.17, 15) is 9.59 Å². The number of benzene rings is 1. The Hall–Kier alpha value is -1.82. The fraction of sp³-hybridized carbons (Fsp3) is 0.182. The number of para-hydroxylation sites is 1. The van der Waals surface area contributed by atoms with Crippen LogP contribution in [-0.2, 0) is 9.59 Å². The summed E-state index contributed by atoms with van der Waals surface area (Å²) < 4.78 is 0. The average Bonchev–Trinajstić information content (AvgIpc) is 2.59. The molecule has 1 aromatic rings. The van der Waals surface area contributed by atoms with Gasteiger partial charge in [-0.15, -0.1) is 0 Å². The van der Waals surface area contributed by atoms with Crippen LogP contribution in [0.15, 0.2) is 35.3 Å². The number of amidine groups is 1. The molecule has 1 atom stereocenters. The van der Waals surface area contributed by atoms with Gasteiger partial charge in [-0.1, -0.05) is 30.0 Å². The van der Waals surface area contributed by atoms with Crippen molar-refractivity contribution in [1.82, 2.24) is 5.32 Å². The topological polar surface area (TPSA) is 84.6 Å². The molecule has 5 nitrogen and oxygen atoms in total. The lowest BCUT2D eigenvalue weighted by Gasteiger charge is -1.99. The molecular formula is C11H11N3O2S. The molecular weight excluding hydrogens is 238 g/mol. The van der Waals surface area contributed by atoms with Gasteiger partial charge in [0, 0.05) is 6.42 Å². The Kier molecular flexibility index (Phi) is 3.43. The highest BCUT2D eigenvalue weighted by molar-refractivity contribution is 8.15. The second-order valence-corrected chi connectivity index (χ2v) is 4.71. The van der Waals surface area contributed by atoms with E-state index in [0.717, 1.165) is 5.69 Å². The predicted molar refractivity (Wildman–Crippen MR) is 66.9 cm³/mol. The van der Waals surface area contributed by atoms with Gasteiger partial charge in [-0.05, 0) is 12.1 Å².